The Kier molecular flexibility index (Phi) is 6.16. The lowest BCUT2D eigenvalue weighted by Crippen LogP contribution is -2.29. The van der Waals surface area contributed by atoms with E-state index in [1.807, 2.05) is 61.5 Å². The van der Waals surface area contributed by atoms with Crippen LogP contribution >= 0.6 is 0 Å². The van der Waals surface area contributed by atoms with E-state index in [4.69, 9.17) is 4.74 Å². The fourth-order valence-corrected chi connectivity index (χ4v) is 3.32. The average molecular weight is 432 g/mol. The summed E-state index contributed by atoms with van der Waals surface area (Å²) in [5, 5.41) is 4.26. The molecule has 2 aromatic heterocycles. The van der Waals surface area contributed by atoms with Gasteiger partial charge in [-0.3, -0.25) is 14.3 Å². The standard InChI is InChI=1S/C23H24N6O3/c1-3-13-29-19-20(28(2)23(31)26-21(19)30)25-22(29)27-24-14-16-9-11-18(12-10-16)32-15-17-7-5-4-6-8-17/h4-12,14H,3,13,15H2,1-2H3,(H,25,27)(H,26,30,31)/b24-14-. The van der Waals surface area contributed by atoms with Crippen molar-refractivity contribution in [3.05, 3.63) is 86.6 Å². The molecule has 0 saturated carbocycles. The maximum atomic E-state index is 12.3. The van der Waals surface area contributed by atoms with Crippen molar-refractivity contribution in [2.45, 2.75) is 26.5 Å². The highest BCUT2D eigenvalue weighted by molar-refractivity contribution is 5.80. The van der Waals surface area contributed by atoms with Gasteiger partial charge in [0.05, 0.1) is 6.21 Å². The molecule has 0 bridgehead atoms. The van der Waals surface area contributed by atoms with E-state index in [-0.39, 0.29) is 0 Å². The smallest absolute Gasteiger partial charge is 0.329 e. The van der Waals surface area contributed by atoms with E-state index < -0.39 is 11.2 Å². The summed E-state index contributed by atoms with van der Waals surface area (Å²) in [6.07, 6.45) is 2.44. The highest BCUT2D eigenvalue weighted by Crippen LogP contribution is 2.16. The largest absolute Gasteiger partial charge is 0.489 e. The van der Waals surface area contributed by atoms with E-state index in [9.17, 15) is 9.59 Å². The van der Waals surface area contributed by atoms with Crippen LogP contribution in [-0.4, -0.2) is 25.3 Å². The fraction of sp³-hybridized carbons (Fsp3) is 0.217. The quantitative estimate of drug-likeness (QED) is 0.329. The van der Waals surface area contributed by atoms with Gasteiger partial charge in [0.15, 0.2) is 11.2 Å². The van der Waals surface area contributed by atoms with Crippen LogP contribution < -0.4 is 21.4 Å². The lowest BCUT2D eigenvalue weighted by atomic mass is 10.2. The molecule has 2 aromatic carbocycles. The van der Waals surface area contributed by atoms with Crippen LogP contribution in [0, 0.1) is 0 Å². The van der Waals surface area contributed by atoms with E-state index in [2.05, 4.69) is 20.5 Å². The molecule has 9 nitrogen and oxygen atoms in total. The number of nitrogens with one attached hydrogen (secondary N) is 2. The first-order chi connectivity index (χ1) is 15.6. The van der Waals surface area contributed by atoms with Gasteiger partial charge in [-0.05, 0) is 41.8 Å². The van der Waals surface area contributed by atoms with Gasteiger partial charge in [0.1, 0.15) is 12.4 Å². The van der Waals surface area contributed by atoms with Crippen LogP contribution in [0.15, 0.2) is 69.3 Å². The Morgan fingerprint density at radius 2 is 1.88 bits per heavy atom. The van der Waals surface area contributed by atoms with Gasteiger partial charge in [-0.1, -0.05) is 37.3 Å². The first kappa shape index (κ1) is 21.1. The molecule has 0 atom stereocenters. The highest BCUT2D eigenvalue weighted by Gasteiger charge is 2.16. The van der Waals surface area contributed by atoms with Crippen LogP contribution in [0.5, 0.6) is 5.75 Å². The molecule has 4 aromatic rings. The molecular formula is C23H24N6O3. The van der Waals surface area contributed by atoms with Crippen LogP contribution in [-0.2, 0) is 20.2 Å². The van der Waals surface area contributed by atoms with Gasteiger partial charge in [-0.2, -0.15) is 10.1 Å². The van der Waals surface area contributed by atoms with Gasteiger partial charge < -0.3 is 9.30 Å². The average Bonchev–Trinajstić information content (AvgIpc) is 3.17. The summed E-state index contributed by atoms with van der Waals surface area (Å²) in [5.74, 6) is 1.16. The number of H-pyrrole nitrogens is 1. The summed E-state index contributed by atoms with van der Waals surface area (Å²) in [4.78, 5) is 30.9. The minimum atomic E-state index is -0.506. The Morgan fingerprint density at radius 1 is 1.12 bits per heavy atom. The molecule has 0 fully saturated rings. The van der Waals surface area contributed by atoms with Gasteiger partial charge in [0, 0.05) is 13.6 Å². The zero-order valence-corrected chi connectivity index (χ0v) is 17.9. The zero-order valence-electron chi connectivity index (χ0n) is 17.9. The number of benzene rings is 2. The molecule has 2 heterocycles. The maximum absolute atomic E-state index is 12.3. The molecule has 164 valence electrons. The Labute approximate surface area is 184 Å². The summed E-state index contributed by atoms with van der Waals surface area (Å²) >= 11 is 0. The molecule has 0 aliphatic heterocycles. The predicted octanol–water partition coefficient (Wildman–Crippen LogP) is 2.86. The van der Waals surface area contributed by atoms with Crippen LogP contribution in [0.25, 0.3) is 11.2 Å². The number of nitrogens with zero attached hydrogens (tertiary/aromatic N) is 4. The molecule has 0 unspecified atom stereocenters. The molecule has 0 aliphatic rings. The second-order valence-corrected chi connectivity index (χ2v) is 7.29. The monoisotopic (exact) mass is 432 g/mol. The second kappa shape index (κ2) is 9.34. The first-order valence-electron chi connectivity index (χ1n) is 10.3. The summed E-state index contributed by atoms with van der Waals surface area (Å²) in [7, 11) is 1.57. The van der Waals surface area contributed by atoms with E-state index in [1.165, 1.54) is 4.57 Å². The van der Waals surface area contributed by atoms with E-state index in [0.29, 0.717) is 30.3 Å². The number of rotatable bonds is 8. The van der Waals surface area contributed by atoms with E-state index in [1.54, 1.807) is 17.8 Å². The third-order valence-corrected chi connectivity index (χ3v) is 4.96. The number of ether oxygens (including phenoxy) is 1. The van der Waals surface area contributed by atoms with Crippen molar-refractivity contribution in [3.63, 3.8) is 0 Å². The predicted molar refractivity (Wildman–Crippen MR) is 124 cm³/mol. The van der Waals surface area contributed by atoms with Crippen molar-refractivity contribution in [2.75, 3.05) is 5.43 Å². The number of imidazole rings is 1. The Hall–Kier alpha value is -4.14. The van der Waals surface area contributed by atoms with Crippen molar-refractivity contribution < 1.29 is 4.74 Å². The Balaban J connectivity index is 1.48. The molecule has 0 spiro atoms. The summed E-state index contributed by atoms with van der Waals surface area (Å²) < 4.78 is 8.83. The van der Waals surface area contributed by atoms with Crippen molar-refractivity contribution in [3.8, 4) is 5.75 Å². The van der Waals surface area contributed by atoms with Crippen LogP contribution in [0.2, 0.25) is 0 Å². The van der Waals surface area contributed by atoms with Crippen molar-refractivity contribution in [1.82, 2.24) is 19.1 Å². The molecule has 4 rings (SSSR count). The second-order valence-electron chi connectivity index (χ2n) is 7.29. The van der Waals surface area contributed by atoms with Gasteiger partial charge >= 0.3 is 5.69 Å². The normalized spacial score (nSPS) is 11.3. The lowest BCUT2D eigenvalue weighted by molar-refractivity contribution is 0.306. The third kappa shape index (κ3) is 4.46. The van der Waals surface area contributed by atoms with E-state index >= 15 is 0 Å². The number of hydrogen-bond donors (Lipinski definition) is 2. The molecule has 2 N–H and O–H groups in total. The van der Waals surface area contributed by atoms with Gasteiger partial charge in [0.2, 0.25) is 5.95 Å². The maximum Gasteiger partial charge on any atom is 0.329 e. The van der Waals surface area contributed by atoms with Crippen molar-refractivity contribution in [1.29, 1.82) is 0 Å². The molecule has 9 heteroatoms. The van der Waals surface area contributed by atoms with Crippen molar-refractivity contribution in [2.24, 2.45) is 12.1 Å². The van der Waals surface area contributed by atoms with Crippen molar-refractivity contribution >= 4 is 23.3 Å². The molecule has 0 saturated heterocycles. The summed E-state index contributed by atoms with van der Waals surface area (Å²) in [6, 6.07) is 17.5. The fourth-order valence-electron chi connectivity index (χ4n) is 3.32. The highest BCUT2D eigenvalue weighted by atomic mass is 16.5. The number of fused-ring (bicyclic) bond motifs is 1. The molecule has 0 radical (unpaired) electrons. The number of hydrazone groups is 1. The topological polar surface area (TPSA) is 106 Å². The summed E-state index contributed by atoms with van der Waals surface area (Å²) in [5.41, 5.74) is 4.54. The van der Waals surface area contributed by atoms with Gasteiger partial charge in [-0.25, -0.2) is 10.2 Å². The van der Waals surface area contributed by atoms with Gasteiger partial charge in [-0.15, -0.1) is 0 Å². The molecule has 0 aliphatic carbocycles. The van der Waals surface area contributed by atoms with E-state index in [0.717, 1.165) is 23.3 Å². The first-order valence-corrected chi connectivity index (χ1v) is 10.3. The summed E-state index contributed by atoms with van der Waals surface area (Å²) in [6.45, 7) is 3.06. The Morgan fingerprint density at radius 3 is 2.59 bits per heavy atom. The molecule has 32 heavy (non-hydrogen) atoms. The minimum Gasteiger partial charge on any atom is -0.489 e. The number of anilines is 1. The number of hydrogen-bond acceptors (Lipinski definition) is 6. The van der Waals surface area contributed by atoms with Gasteiger partial charge in [0.25, 0.3) is 5.56 Å². The molecule has 0 amide bonds. The minimum absolute atomic E-state index is 0.310. The Bertz CT molecular complexity index is 1350. The number of aryl methyl sites for hydroxylation is 2. The van der Waals surface area contributed by atoms with Crippen LogP contribution in [0.1, 0.15) is 24.5 Å². The third-order valence-electron chi connectivity index (χ3n) is 4.96. The zero-order chi connectivity index (χ0) is 22.5. The molecular weight excluding hydrogens is 408 g/mol. The SMILES string of the molecule is CCCn1c(N/N=C\c2ccc(OCc3ccccc3)cc2)nc2c1c(=O)[nH]c(=O)n2C. The van der Waals surface area contributed by atoms with Crippen LogP contribution in [0.3, 0.4) is 0 Å². The number of aromatic amines is 1. The lowest BCUT2D eigenvalue weighted by Gasteiger charge is -2.07. The van der Waals surface area contributed by atoms with Crippen LogP contribution in [0.4, 0.5) is 5.95 Å². The number of aromatic nitrogens is 4.